The van der Waals surface area contributed by atoms with E-state index >= 15 is 0 Å². The molecule has 0 heterocycles. The van der Waals surface area contributed by atoms with Crippen LogP contribution in [0.3, 0.4) is 0 Å². The van der Waals surface area contributed by atoms with E-state index in [9.17, 15) is 9.59 Å². The fraction of sp³-hybridized carbons (Fsp3) is 0.920. The number of hydrogen-bond donors (Lipinski definition) is 2. The summed E-state index contributed by atoms with van der Waals surface area (Å²) in [5.41, 5.74) is 0. The number of amides is 2. The van der Waals surface area contributed by atoms with E-state index in [1.807, 2.05) is 14.1 Å². The van der Waals surface area contributed by atoms with Gasteiger partial charge in [-0.15, -0.1) is 0 Å². The topological polar surface area (TPSA) is 61.4 Å². The Morgan fingerprint density at radius 3 is 1.33 bits per heavy atom. The van der Waals surface area contributed by atoms with E-state index in [1.165, 1.54) is 83.5 Å². The van der Waals surface area contributed by atoms with Crippen molar-refractivity contribution in [2.24, 2.45) is 0 Å². The minimum atomic E-state index is -0.0274. The lowest BCUT2D eigenvalue weighted by molar-refractivity contribution is -0.126. The zero-order valence-corrected chi connectivity index (χ0v) is 20.4. The molecule has 0 saturated heterocycles. The van der Waals surface area contributed by atoms with Gasteiger partial charge in [0.1, 0.15) is 0 Å². The van der Waals surface area contributed by atoms with E-state index in [-0.39, 0.29) is 24.7 Å². The van der Waals surface area contributed by atoms with Gasteiger partial charge >= 0.3 is 0 Å². The van der Waals surface area contributed by atoms with Gasteiger partial charge in [-0.3, -0.25) is 9.59 Å². The van der Waals surface area contributed by atoms with Crippen LogP contribution in [0, 0.1) is 0 Å². The van der Waals surface area contributed by atoms with E-state index in [4.69, 9.17) is 0 Å². The number of hydrogen-bond acceptors (Lipinski definition) is 3. The van der Waals surface area contributed by atoms with Gasteiger partial charge in [0, 0.05) is 25.9 Å². The van der Waals surface area contributed by atoms with Gasteiger partial charge in [0.15, 0.2) is 0 Å². The van der Waals surface area contributed by atoms with Crippen LogP contribution in [-0.4, -0.2) is 50.4 Å². The SMILES string of the molecule is CCCCCCCCCCCCCCCCNC(=O)CCC(=O)NCCCN(C)C. The lowest BCUT2D eigenvalue weighted by Crippen LogP contribution is -2.29. The summed E-state index contributed by atoms with van der Waals surface area (Å²) in [5.74, 6) is -0.0338. The van der Waals surface area contributed by atoms with Crippen molar-refractivity contribution in [3.8, 4) is 0 Å². The lowest BCUT2D eigenvalue weighted by Gasteiger charge is -2.10. The summed E-state index contributed by atoms with van der Waals surface area (Å²) in [5, 5.41) is 5.81. The molecule has 0 aliphatic heterocycles. The Labute approximate surface area is 187 Å². The zero-order valence-electron chi connectivity index (χ0n) is 20.4. The van der Waals surface area contributed by atoms with Gasteiger partial charge < -0.3 is 15.5 Å². The predicted molar refractivity (Wildman–Crippen MR) is 129 cm³/mol. The normalized spacial score (nSPS) is 11.1. The molecular formula is C25H51N3O2. The number of nitrogens with zero attached hydrogens (tertiary/aromatic N) is 1. The maximum atomic E-state index is 11.8. The van der Waals surface area contributed by atoms with E-state index in [0.29, 0.717) is 6.54 Å². The molecule has 0 radical (unpaired) electrons. The Morgan fingerprint density at radius 1 is 0.567 bits per heavy atom. The van der Waals surface area contributed by atoms with Crippen molar-refractivity contribution < 1.29 is 9.59 Å². The van der Waals surface area contributed by atoms with Gasteiger partial charge in [0.2, 0.25) is 11.8 Å². The van der Waals surface area contributed by atoms with Crippen LogP contribution >= 0.6 is 0 Å². The Kier molecular flexibility index (Phi) is 21.8. The number of unbranched alkanes of at least 4 members (excludes halogenated alkanes) is 13. The molecule has 0 spiro atoms. The summed E-state index contributed by atoms with van der Waals surface area (Å²) >= 11 is 0. The highest BCUT2D eigenvalue weighted by Crippen LogP contribution is 2.12. The monoisotopic (exact) mass is 425 g/mol. The Balaban J connectivity index is 3.27. The lowest BCUT2D eigenvalue weighted by atomic mass is 10.0. The van der Waals surface area contributed by atoms with Crippen molar-refractivity contribution in [2.45, 2.75) is 116 Å². The van der Waals surface area contributed by atoms with Crippen LogP contribution in [-0.2, 0) is 9.59 Å². The molecule has 178 valence electrons. The zero-order chi connectivity index (χ0) is 22.3. The molecule has 0 aromatic rings. The number of carbonyl (C=O) groups excluding carboxylic acids is 2. The second kappa shape index (κ2) is 22.6. The van der Waals surface area contributed by atoms with Gasteiger partial charge in [-0.25, -0.2) is 0 Å². The smallest absolute Gasteiger partial charge is 0.220 e. The Morgan fingerprint density at radius 2 is 0.933 bits per heavy atom. The van der Waals surface area contributed by atoms with Crippen molar-refractivity contribution >= 4 is 11.8 Å². The van der Waals surface area contributed by atoms with Crippen LogP contribution in [0.1, 0.15) is 116 Å². The first kappa shape index (κ1) is 28.9. The largest absolute Gasteiger partial charge is 0.356 e. The third kappa shape index (κ3) is 23.2. The summed E-state index contributed by atoms with van der Waals surface area (Å²) in [6.45, 7) is 4.65. The molecular weight excluding hydrogens is 374 g/mol. The predicted octanol–water partition coefficient (Wildman–Crippen LogP) is 5.43. The molecule has 5 heteroatoms. The summed E-state index contributed by atoms with van der Waals surface area (Å²) < 4.78 is 0. The molecule has 0 atom stereocenters. The summed E-state index contributed by atoms with van der Waals surface area (Å²) in [4.78, 5) is 25.6. The summed E-state index contributed by atoms with van der Waals surface area (Å²) in [7, 11) is 4.04. The highest BCUT2D eigenvalue weighted by Gasteiger charge is 2.06. The average Bonchev–Trinajstić information content (AvgIpc) is 2.72. The minimum absolute atomic E-state index is 0.00636. The van der Waals surface area contributed by atoms with Crippen molar-refractivity contribution in [1.82, 2.24) is 15.5 Å². The fourth-order valence-electron chi connectivity index (χ4n) is 3.57. The molecule has 0 fully saturated rings. The van der Waals surface area contributed by atoms with Gasteiger partial charge in [-0.1, -0.05) is 90.4 Å². The molecule has 0 aromatic heterocycles. The first-order chi connectivity index (χ1) is 14.6. The van der Waals surface area contributed by atoms with Gasteiger partial charge in [-0.2, -0.15) is 0 Å². The number of rotatable bonds is 22. The standard InChI is InChI=1S/C25H51N3O2/c1-4-5-6-7-8-9-10-11-12-13-14-15-16-17-21-26-24(29)19-20-25(30)27-22-18-23-28(2)3/h4-23H2,1-3H3,(H,26,29)(H,27,30). The summed E-state index contributed by atoms with van der Waals surface area (Å²) in [6.07, 6.45) is 20.3. The molecule has 30 heavy (non-hydrogen) atoms. The van der Waals surface area contributed by atoms with Crippen molar-refractivity contribution in [2.75, 3.05) is 33.7 Å². The first-order valence-electron chi connectivity index (χ1n) is 12.7. The van der Waals surface area contributed by atoms with Gasteiger partial charge in [-0.05, 0) is 33.5 Å². The first-order valence-corrected chi connectivity index (χ1v) is 12.7. The van der Waals surface area contributed by atoms with Crippen LogP contribution in [0.15, 0.2) is 0 Å². The molecule has 0 unspecified atom stereocenters. The maximum absolute atomic E-state index is 11.8. The Hall–Kier alpha value is -1.10. The third-order valence-corrected chi connectivity index (χ3v) is 5.54. The molecule has 0 aliphatic rings. The van der Waals surface area contributed by atoms with Crippen molar-refractivity contribution in [3.63, 3.8) is 0 Å². The second-order valence-electron chi connectivity index (χ2n) is 8.95. The van der Waals surface area contributed by atoms with E-state index in [1.54, 1.807) is 0 Å². The number of nitrogens with one attached hydrogen (secondary N) is 2. The number of carbonyl (C=O) groups is 2. The molecule has 0 bridgehead atoms. The third-order valence-electron chi connectivity index (χ3n) is 5.54. The van der Waals surface area contributed by atoms with Gasteiger partial charge in [0.25, 0.3) is 0 Å². The highest BCUT2D eigenvalue weighted by atomic mass is 16.2. The van der Waals surface area contributed by atoms with Crippen LogP contribution in [0.5, 0.6) is 0 Å². The molecule has 0 aliphatic carbocycles. The quantitative estimate of drug-likeness (QED) is 0.227. The fourth-order valence-corrected chi connectivity index (χ4v) is 3.57. The second-order valence-corrected chi connectivity index (χ2v) is 8.95. The molecule has 5 nitrogen and oxygen atoms in total. The minimum Gasteiger partial charge on any atom is -0.356 e. The Bertz CT molecular complexity index is 400. The van der Waals surface area contributed by atoms with Gasteiger partial charge in [0.05, 0.1) is 0 Å². The van der Waals surface area contributed by atoms with Crippen LogP contribution in [0.2, 0.25) is 0 Å². The molecule has 0 rings (SSSR count). The van der Waals surface area contributed by atoms with E-state index in [0.717, 1.165) is 25.9 Å². The maximum Gasteiger partial charge on any atom is 0.220 e. The van der Waals surface area contributed by atoms with Crippen LogP contribution in [0.25, 0.3) is 0 Å². The van der Waals surface area contributed by atoms with Crippen molar-refractivity contribution in [3.05, 3.63) is 0 Å². The van der Waals surface area contributed by atoms with Crippen molar-refractivity contribution in [1.29, 1.82) is 0 Å². The van der Waals surface area contributed by atoms with Crippen LogP contribution in [0.4, 0.5) is 0 Å². The molecule has 2 N–H and O–H groups in total. The summed E-state index contributed by atoms with van der Waals surface area (Å²) in [6, 6.07) is 0. The highest BCUT2D eigenvalue weighted by molar-refractivity contribution is 5.83. The molecule has 0 aromatic carbocycles. The molecule has 0 saturated carbocycles. The van der Waals surface area contributed by atoms with Crippen LogP contribution < -0.4 is 10.6 Å². The average molecular weight is 426 g/mol. The van der Waals surface area contributed by atoms with E-state index in [2.05, 4.69) is 22.5 Å². The molecule has 2 amide bonds. The van der Waals surface area contributed by atoms with E-state index < -0.39 is 0 Å².